The van der Waals surface area contributed by atoms with Crippen LogP contribution in [-0.2, 0) is 16.1 Å². The minimum atomic E-state index is -0.725. The SMILES string of the molecule is Cc1ccc(O)c(C(=O)OCC(=O)NCc2ccccc2C)c1. The lowest BCUT2D eigenvalue weighted by Crippen LogP contribution is -2.28. The van der Waals surface area contributed by atoms with Gasteiger partial charge in [0.1, 0.15) is 11.3 Å². The van der Waals surface area contributed by atoms with Gasteiger partial charge in [-0.25, -0.2) is 4.79 Å². The summed E-state index contributed by atoms with van der Waals surface area (Å²) in [6, 6.07) is 12.3. The molecule has 0 saturated carbocycles. The molecule has 0 spiro atoms. The van der Waals surface area contributed by atoms with E-state index in [4.69, 9.17) is 4.74 Å². The predicted molar refractivity (Wildman–Crippen MR) is 86.2 cm³/mol. The second kappa shape index (κ2) is 7.45. The van der Waals surface area contributed by atoms with Crippen LogP contribution in [0.4, 0.5) is 0 Å². The van der Waals surface area contributed by atoms with Crippen LogP contribution in [0, 0.1) is 13.8 Å². The van der Waals surface area contributed by atoms with E-state index in [0.29, 0.717) is 6.54 Å². The number of nitrogens with one attached hydrogen (secondary N) is 1. The van der Waals surface area contributed by atoms with Gasteiger partial charge in [0.15, 0.2) is 6.61 Å². The number of amides is 1. The molecule has 0 heterocycles. The van der Waals surface area contributed by atoms with Gasteiger partial charge >= 0.3 is 5.97 Å². The van der Waals surface area contributed by atoms with Crippen molar-refractivity contribution < 1.29 is 19.4 Å². The zero-order valence-corrected chi connectivity index (χ0v) is 13.1. The molecule has 0 atom stereocenters. The summed E-state index contributed by atoms with van der Waals surface area (Å²) in [5, 5.41) is 12.3. The van der Waals surface area contributed by atoms with Gasteiger partial charge in [0, 0.05) is 6.54 Å². The Balaban J connectivity index is 1.86. The molecule has 2 rings (SSSR count). The van der Waals surface area contributed by atoms with E-state index in [1.165, 1.54) is 12.1 Å². The van der Waals surface area contributed by atoms with Crippen LogP contribution >= 0.6 is 0 Å². The van der Waals surface area contributed by atoms with Crippen molar-refractivity contribution in [1.82, 2.24) is 5.32 Å². The second-order valence-corrected chi connectivity index (χ2v) is 5.30. The highest BCUT2D eigenvalue weighted by atomic mass is 16.5. The van der Waals surface area contributed by atoms with E-state index in [2.05, 4.69) is 5.32 Å². The summed E-state index contributed by atoms with van der Waals surface area (Å²) in [6.45, 7) is 3.74. The molecule has 2 N–H and O–H groups in total. The Labute approximate surface area is 134 Å². The van der Waals surface area contributed by atoms with Crippen molar-refractivity contribution in [1.29, 1.82) is 0 Å². The summed E-state index contributed by atoms with van der Waals surface area (Å²) in [7, 11) is 0. The number of carbonyl (C=O) groups excluding carboxylic acids is 2. The number of benzene rings is 2. The fraction of sp³-hybridized carbons (Fsp3) is 0.222. The first kappa shape index (κ1) is 16.5. The average Bonchev–Trinajstić information content (AvgIpc) is 2.54. The number of hydrogen-bond acceptors (Lipinski definition) is 4. The zero-order valence-electron chi connectivity index (χ0n) is 13.1. The maximum absolute atomic E-state index is 11.9. The maximum atomic E-state index is 11.9. The highest BCUT2D eigenvalue weighted by molar-refractivity contribution is 5.94. The monoisotopic (exact) mass is 313 g/mol. The van der Waals surface area contributed by atoms with Crippen molar-refractivity contribution in [3.05, 3.63) is 64.7 Å². The van der Waals surface area contributed by atoms with Gasteiger partial charge in [-0.3, -0.25) is 4.79 Å². The smallest absolute Gasteiger partial charge is 0.342 e. The molecule has 5 heteroatoms. The van der Waals surface area contributed by atoms with Crippen LogP contribution in [0.15, 0.2) is 42.5 Å². The fourth-order valence-corrected chi connectivity index (χ4v) is 2.08. The molecule has 0 bridgehead atoms. The molecule has 0 aliphatic heterocycles. The van der Waals surface area contributed by atoms with Crippen LogP contribution in [0.2, 0.25) is 0 Å². The van der Waals surface area contributed by atoms with Crippen molar-refractivity contribution in [2.24, 2.45) is 0 Å². The summed E-state index contributed by atoms with van der Waals surface area (Å²) in [5.74, 6) is -1.29. The Morgan fingerprint density at radius 3 is 2.61 bits per heavy atom. The Kier molecular flexibility index (Phi) is 5.36. The van der Waals surface area contributed by atoms with Crippen LogP contribution in [0.5, 0.6) is 5.75 Å². The first-order valence-corrected chi connectivity index (χ1v) is 7.25. The van der Waals surface area contributed by atoms with Crippen molar-refractivity contribution in [2.75, 3.05) is 6.61 Å². The van der Waals surface area contributed by atoms with Gasteiger partial charge in [-0.05, 0) is 37.1 Å². The Morgan fingerprint density at radius 1 is 1.13 bits per heavy atom. The minimum Gasteiger partial charge on any atom is -0.507 e. The molecule has 23 heavy (non-hydrogen) atoms. The largest absolute Gasteiger partial charge is 0.507 e. The van der Waals surface area contributed by atoms with E-state index in [0.717, 1.165) is 16.7 Å². The number of aryl methyl sites for hydroxylation is 2. The molecule has 0 unspecified atom stereocenters. The van der Waals surface area contributed by atoms with Gasteiger partial charge in [-0.15, -0.1) is 0 Å². The summed E-state index contributed by atoms with van der Waals surface area (Å²) in [4.78, 5) is 23.7. The molecule has 0 aliphatic rings. The second-order valence-electron chi connectivity index (χ2n) is 5.30. The summed E-state index contributed by atoms with van der Waals surface area (Å²) < 4.78 is 4.93. The molecule has 2 aromatic rings. The van der Waals surface area contributed by atoms with E-state index >= 15 is 0 Å². The van der Waals surface area contributed by atoms with Gasteiger partial charge in [0.05, 0.1) is 0 Å². The lowest BCUT2D eigenvalue weighted by atomic mass is 10.1. The van der Waals surface area contributed by atoms with Gasteiger partial charge in [-0.1, -0.05) is 35.9 Å². The van der Waals surface area contributed by atoms with Crippen molar-refractivity contribution in [3.8, 4) is 5.75 Å². The van der Waals surface area contributed by atoms with E-state index in [1.807, 2.05) is 31.2 Å². The van der Waals surface area contributed by atoms with E-state index in [1.54, 1.807) is 13.0 Å². The molecule has 0 aromatic heterocycles. The van der Waals surface area contributed by atoms with E-state index in [9.17, 15) is 14.7 Å². The number of esters is 1. The number of hydrogen-bond donors (Lipinski definition) is 2. The Morgan fingerprint density at radius 2 is 1.87 bits per heavy atom. The van der Waals surface area contributed by atoms with Crippen LogP contribution in [0.3, 0.4) is 0 Å². The van der Waals surface area contributed by atoms with Gasteiger partial charge in [0.2, 0.25) is 0 Å². The van der Waals surface area contributed by atoms with E-state index < -0.39 is 18.5 Å². The standard InChI is InChI=1S/C18H19NO4/c1-12-7-8-16(20)15(9-12)18(22)23-11-17(21)19-10-14-6-4-3-5-13(14)2/h3-9,20H,10-11H2,1-2H3,(H,19,21). The van der Waals surface area contributed by atoms with Crippen LogP contribution in [0.25, 0.3) is 0 Å². The highest BCUT2D eigenvalue weighted by Crippen LogP contribution is 2.19. The minimum absolute atomic E-state index is 0.0525. The van der Waals surface area contributed by atoms with Crippen molar-refractivity contribution in [2.45, 2.75) is 20.4 Å². The topological polar surface area (TPSA) is 75.6 Å². The Hall–Kier alpha value is -2.82. The number of phenolic OH excluding ortho intramolecular Hbond substituents is 1. The lowest BCUT2D eigenvalue weighted by Gasteiger charge is -2.09. The number of rotatable bonds is 5. The third-order valence-corrected chi connectivity index (χ3v) is 3.44. The molecule has 0 saturated heterocycles. The zero-order chi connectivity index (χ0) is 16.8. The molecular formula is C18H19NO4. The molecule has 0 radical (unpaired) electrons. The van der Waals surface area contributed by atoms with Crippen LogP contribution in [0.1, 0.15) is 27.0 Å². The lowest BCUT2D eigenvalue weighted by molar-refractivity contribution is -0.124. The third kappa shape index (κ3) is 4.57. The first-order chi connectivity index (χ1) is 11.0. The summed E-state index contributed by atoms with van der Waals surface area (Å²) in [5.41, 5.74) is 2.95. The van der Waals surface area contributed by atoms with Crippen LogP contribution < -0.4 is 5.32 Å². The molecule has 1 amide bonds. The van der Waals surface area contributed by atoms with Gasteiger partial charge < -0.3 is 15.2 Å². The molecule has 0 aliphatic carbocycles. The summed E-state index contributed by atoms with van der Waals surface area (Å²) >= 11 is 0. The molecule has 5 nitrogen and oxygen atoms in total. The molecule has 2 aromatic carbocycles. The van der Waals surface area contributed by atoms with Gasteiger partial charge in [0.25, 0.3) is 5.91 Å². The predicted octanol–water partition coefficient (Wildman–Crippen LogP) is 2.48. The van der Waals surface area contributed by atoms with E-state index in [-0.39, 0.29) is 11.3 Å². The third-order valence-electron chi connectivity index (χ3n) is 3.44. The molecule has 0 fully saturated rings. The fourth-order valence-electron chi connectivity index (χ4n) is 2.08. The normalized spacial score (nSPS) is 10.2. The molecular weight excluding hydrogens is 294 g/mol. The number of aromatic hydroxyl groups is 1. The number of phenols is 1. The summed E-state index contributed by atoms with van der Waals surface area (Å²) in [6.07, 6.45) is 0. The first-order valence-electron chi connectivity index (χ1n) is 7.25. The van der Waals surface area contributed by atoms with Crippen LogP contribution in [-0.4, -0.2) is 23.6 Å². The average molecular weight is 313 g/mol. The number of carbonyl (C=O) groups is 2. The quantitative estimate of drug-likeness (QED) is 0.832. The van der Waals surface area contributed by atoms with Crippen molar-refractivity contribution >= 4 is 11.9 Å². The van der Waals surface area contributed by atoms with Gasteiger partial charge in [-0.2, -0.15) is 0 Å². The maximum Gasteiger partial charge on any atom is 0.342 e. The Bertz CT molecular complexity index is 725. The number of ether oxygens (including phenoxy) is 1. The highest BCUT2D eigenvalue weighted by Gasteiger charge is 2.14. The van der Waals surface area contributed by atoms with Crippen molar-refractivity contribution in [3.63, 3.8) is 0 Å². The molecule has 120 valence electrons.